The van der Waals surface area contributed by atoms with Crippen LogP contribution in [0.15, 0.2) is 24.3 Å². The molecule has 3 nitrogen and oxygen atoms in total. The molecule has 0 radical (unpaired) electrons. The first-order valence-corrected chi connectivity index (χ1v) is 6.13. The van der Waals surface area contributed by atoms with E-state index in [0.717, 1.165) is 18.8 Å². The minimum atomic E-state index is 0.520. The van der Waals surface area contributed by atoms with E-state index in [4.69, 9.17) is 10.5 Å². The second-order valence-corrected chi connectivity index (χ2v) is 4.82. The van der Waals surface area contributed by atoms with Crippen LogP contribution < -0.4 is 15.4 Å². The number of nitrogens with two attached hydrogens (primary N) is 1. The molecule has 0 spiro atoms. The fourth-order valence-corrected chi connectivity index (χ4v) is 1.86. The van der Waals surface area contributed by atoms with Crippen LogP contribution in [-0.4, -0.2) is 27.2 Å². The van der Waals surface area contributed by atoms with Crippen LogP contribution in [0, 0.1) is 11.8 Å². The van der Waals surface area contributed by atoms with Crippen LogP contribution in [0.25, 0.3) is 0 Å². The van der Waals surface area contributed by atoms with Crippen LogP contribution in [0.5, 0.6) is 5.75 Å². The average Bonchev–Trinajstić information content (AvgIpc) is 2.35. The molecular weight excluding hydrogens is 212 g/mol. The number of nitrogens with zero attached hydrogens (tertiary/aromatic N) is 1. The third-order valence-corrected chi connectivity index (χ3v) is 3.25. The van der Waals surface area contributed by atoms with Gasteiger partial charge in [-0.25, -0.2) is 0 Å². The van der Waals surface area contributed by atoms with Gasteiger partial charge in [-0.15, -0.1) is 0 Å². The van der Waals surface area contributed by atoms with Crippen molar-refractivity contribution in [2.45, 2.75) is 13.8 Å². The summed E-state index contributed by atoms with van der Waals surface area (Å²) in [5.74, 6) is 2.02. The Bertz CT molecular complexity index is 339. The van der Waals surface area contributed by atoms with Gasteiger partial charge in [0.05, 0.1) is 7.11 Å². The lowest BCUT2D eigenvalue weighted by molar-refractivity contribution is 0.397. The van der Waals surface area contributed by atoms with E-state index >= 15 is 0 Å². The van der Waals surface area contributed by atoms with Crippen LogP contribution >= 0.6 is 0 Å². The summed E-state index contributed by atoms with van der Waals surface area (Å²) in [5, 5.41) is 0. The van der Waals surface area contributed by atoms with E-state index in [1.165, 1.54) is 5.69 Å². The van der Waals surface area contributed by atoms with Crippen molar-refractivity contribution in [2.75, 3.05) is 32.1 Å². The van der Waals surface area contributed by atoms with Gasteiger partial charge < -0.3 is 15.4 Å². The third-order valence-electron chi connectivity index (χ3n) is 3.25. The summed E-state index contributed by atoms with van der Waals surface area (Å²) in [6.45, 7) is 6.14. The van der Waals surface area contributed by atoms with Crippen LogP contribution in [0.1, 0.15) is 13.8 Å². The average molecular weight is 236 g/mol. The number of ether oxygens (including phenoxy) is 1. The molecule has 0 aliphatic carbocycles. The molecule has 96 valence electrons. The molecule has 1 atom stereocenters. The molecule has 0 bridgehead atoms. The van der Waals surface area contributed by atoms with Gasteiger partial charge >= 0.3 is 0 Å². The molecule has 1 aromatic carbocycles. The van der Waals surface area contributed by atoms with Crippen molar-refractivity contribution in [3.8, 4) is 5.75 Å². The fraction of sp³-hybridized carbons (Fsp3) is 0.571. The highest BCUT2D eigenvalue weighted by molar-refractivity contribution is 5.50. The molecule has 0 saturated heterocycles. The lowest BCUT2D eigenvalue weighted by atomic mass is 9.95. The molecule has 3 heteroatoms. The van der Waals surface area contributed by atoms with Crippen LogP contribution in [0.3, 0.4) is 0 Å². The summed E-state index contributed by atoms with van der Waals surface area (Å²) in [7, 11) is 3.79. The van der Waals surface area contributed by atoms with Gasteiger partial charge in [-0.1, -0.05) is 19.9 Å². The predicted octanol–water partition coefficient (Wildman–Crippen LogP) is 2.36. The predicted molar refractivity (Wildman–Crippen MR) is 73.6 cm³/mol. The summed E-state index contributed by atoms with van der Waals surface area (Å²) in [5.41, 5.74) is 6.97. The van der Waals surface area contributed by atoms with Crippen LogP contribution in [-0.2, 0) is 0 Å². The second kappa shape index (κ2) is 6.50. The molecule has 0 aliphatic heterocycles. The van der Waals surface area contributed by atoms with Crippen molar-refractivity contribution in [2.24, 2.45) is 17.6 Å². The van der Waals surface area contributed by atoms with Crippen molar-refractivity contribution < 1.29 is 4.74 Å². The molecule has 1 aromatic rings. The Kier molecular flexibility index (Phi) is 5.29. The van der Waals surface area contributed by atoms with E-state index in [2.05, 4.69) is 31.9 Å². The molecule has 0 aliphatic rings. The summed E-state index contributed by atoms with van der Waals surface area (Å²) >= 11 is 0. The third kappa shape index (κ3) is 3.93. The van der Waals surface area contributed by atoms with Gasteiger partial charge in [-0.2, -0.15) is 0 Å². The zero-order valence-electron chi connectivity index (χ0n) is 11.3. The first kappa shape index (κ1) is 13.8. The van der Waals surface area contributed by atoms with Crippen LogP contribution in [0.2, 0.25) is 0 Å². The number of hydrogen-bond donors (Lipinski definition) is 1. The lowest BCUT2D eigenvalue weighted by Gasteiger charge is -2.27. The molecule has 1 unspecified atom stereocenters. The highest BCUT2D eigenvalue weighted by atomic mass is 16.5. The SMILES string of the molecule is COc1cccc(N(C)CC(CN)C(C)C)c1. The summed E-state index contributed by atoms with van der Waals surface area (Å²) < 4.78 is 5.23. The van der Waals surface area contributed by atoms with Gasteiger partial charge in [0.2, 0.25) is 0 Å². The van der Waals surface area contributed by atoms with Crippen LogP contribution in [0.4, 0.5) is 5.69 Å². The standard InChI is InChI=1S/C14H24N2O/c1-11(2)12(9-15)10-16(3)13-6-5-7-14(8-13)17-4/h5-8,11-12H,9-10,15H2,1-4H3. The van der Waals surface area contributed by atoms with Crippen molar-refractivity contribution in [3.05, 3.63) is 24.3 Å². The maximum absolute atomic E-state index is 5.80. The molecule has 2 N–H and O–H groups in total. The topological polar surface area (TPSA) is 38.5 Å². The number of hydrogen-bond acceptors (Lipinski definition) is 3. The molecule has 17 heavy (non-hydrogen) atoms. The van der Waals surface area contributed by atoms with Gasteiger partial charge in [-0.05, 0) is 30.5 Å². The lowest BCUT2D eigenvalue weighted by Crippen LogP contribution is -2.33. The van der Waals surface area contributed by atoms with E-state index in [0.29, 0.717) is 11.8 Å². The van der Waals surface area contributed by atoms with E-state index in [-0.39, 0.29) is 0 Å². The van der Waals surface area contributed by atoms with Crippen molar-refractivity contribution in [3.63, 3.8) is 0 Å². The number of rotatable bonds is 6. The Hall–Kier alpha value is -1.22. The Morgan fingerprint density at radius 1 is 1.35 bits per heavy atom. The van der Waals surface area contributed by atoms with E-state index in [1.54, 1.807) is 7.11 Å². The molecule has 1 rings (SSSR count). The molecule has 0 aromatic heterocycles. The van der Waals surface area contributed by atoms with Gasteiger partial charge in [0.15, 0.2) is 0 Å². The van der Waals surface area contributed by atoms with Gasteiger partial charge in [-0.3, -0.25) is 0 Å². The second-order valence-electron chi connectivity index (χ2n) is 4.82. The number of methoxy groups -OCH3 is 1. The molecule has 0 saturated carbocycles. The minimum absolute atomic E-state index is 0.520. The maximum Gasteiger partial charge on any atom is 0.120 e. The molecular formula is C14H24N2O. The zero-order chi connectivity index (χ0) is 12.8. The van der Waals surface area contributed by atoms with Gasteiger partial charge in [0.25, 0.3) is 0 Å². The largest absolute Gasteiger partial charge is 0.497 e. The van der Waals surface area contributed by atoms with E-state index < -0.39 is 0 Å². The first-order valence-electron chi connectivity index (χ1n) is 6.13. The summed E-state index contributed by atoms with van der Waals surface area (Å²) in [6, 6.07) is 8.11. The quantitative estimate of drug-likeness (QED) is 0.824. The monoisotopic (exact) mass is 236 g/mol. The number of benzene rings is 1. The van der Waals surface area contributed by atoms with Crippen molar-refractivity contribution in [1.29, 1.82) is 0 Å². The molecule has 0 fully saturated rings. The summed E-state index contributed by atoms with van der Waals surface area (Å²) in [6.07, 6.45) is 0. The van der Waals surface area contributed by atoms with Crippen molar-refractivity contribution >= 4 is 5.69 Å². The first-order chi connectivity index (χ1) is 8.08. The normalized spacial score (nSPS) is 12.6. The van der Waals surface area contributed by atoms with Gasteiger partial charge in [0, 0.05) is 25.3 Å². The smallest absolute Gasteiger partial charge is 0.120 e. The van der Waals surface area contributed by atoms with Crippen molar-refractivity contribution in [1.82, 2.24) is 0 Å². The Labute approximate surface area is 105 Å². The highest BCUT2D eigenvalue weighted by Crippen LogP contribution is 2.21. The Morgan fingerprint density at radius 2 is 2.06 bits per heavy atom. The fourth-order valence-electron chi connectivity index (χ4n) is 1.86. The maximum atomic E-state index is 5.80. The van der Waals surface area contributed by atoms with E-state index in [1.807, 2.05) is 18.2 Å². The highest BCUT2D eigenvalue weighted by Gasteiger charge is 2.14. The Morgan fingerprint density at radius 3 is 2.59 bits per heavy atom. The summed E-state index contributed by atoms with van der Waals surface area (Å²) in [4.78, 5) is 2.24. The van der Waals surface area contributed by atoms with Gasteiger partial charge in [0.1, 0.15) is 5.75 Å². The zero-order valence-corrected chi connectivity index (χ0v) is 11.3. The number of anilines is 1. The molecule has 0 amide bonds. The minimum Gasteiger partial charge on any atom is -0.497 e. The Balaban J connectivity index is 2.71. The molecule has 0 heterocycles. The van der Waals surface area contributed by atoms with E-state index in [9.17, 15) is 0 Å².